The predicted octanol–water partition coefficient (Wildman–Crippen LogP) is 2.55. The molecule has 0 spiro atoms. The van der Waals surface area contributed by atoms with Crippen LogP contribution < -0.4 is 10.1 Å². The second kappa shape index (κ2) is 5.27. The third-order valence-corrected chi connectivity index (χ3v) is 2.48. The molecule has 0 radical (unpaired) electrons. The predicted molar refractivity (Wildman–Crippen MR) is 62.5 cm³/mol. The molecule has 0 bridgehead atoms. The highest BCUT2D eigenvalue weighted by Crippen LogP contribution is 2.30. The van der Waals surface area contributed by atoms with Gasteiger partial charge >= 0.3 is 6.09 Å². The zero-order valence-corrected chi connectivity index (χ0v) is 10.1. The molecule has 4 nitrogen and oxygen atoms in total. The summed E-state index contributed by atoms with van der Waals surface area (Å²) in [6, 6.07) is 5.08. The highest BCUT2D eigenvalue weighted by molar-refractivity contribution is 6.30. The van der Waals surface area contributed by atoms with Crippen molar-refractivity contribution < 1.29 is 14.3 Å². The maximum Gasteiger partial charge on any atom is 0.407 e. The molecular formula is C10H11Cl2NO3. The fourth-order valence-corrected chi connectivity index (χ4v) is 1.71. The first-order chi connectivity index (χ1) is 7.20. The van der Waals surface area contributed by atoms with E-state index in [9.17, 15) is 4.79 Å². The number of rotatable bonds is 2. The molecule has 1 aliphatic heterocycles. The third kappa shape index (κ3) is 2.51. The van der Waals surface area contributed by atoms with Gasteiger partial charge < -0.3 is 14.8 Å². The van der Waals surface area contributed by atoms with Gasteiger partial charge in [-0.1, -0.05) is 11.6 Å². The largest absolute Gasteiger partial charge is 0.496 e. The van der Waals surface area contributed by atoms with Crippen LogP contribution in [-0.2, 0) is 4.74 Å². The normalized spacial score (nSPS) is 18.4. The minimum absolute atomic E-state index is 0. The molecule has 1 heterocycles. The first-order valence-corrected chi connectivity index (χ1v) is 4.85. The van der Waals surface area contributed by atoms with Crippen LogP contribution in [0.2, 0.25) is 5.02 Å². The smallest absolute Gasteiger partial charge is 0.407 e. The Morgan fingerprint density at radius 2 is 2.31 bits per heavy atom. The molecule has 1 aromatic carbocycles. The van der Waals surface area contributed by atoms with Gasteiger partial charge in [0.25, 0.3) is 0 Å². The zero-order valence-electron chi connectivity index (χ0n) is 8.53. The van der Waals surface area contributed by atoms with Crippen molar-refractivity contribution in [1.82, 2.24) is 5.32 Å². The van der Waals surface area contributed by atoms with Crippen LogP contribution in [0.15, 0.2) is 18.2 Å². The van der Waals surface area contributed by atoms with Gasteiger partial charge in [0, 0.05) is 10.6 Å². The van der Waals surface area contributed by atoms with Crippen molar-refractivity contribution in [3.63, 3.8) is 0 Å². The van der Waals surface area contributed by atoms with Gasteiger partial charge in [0.15, 0.2) is 0 Å². The Morgan fingerprint density at radius 1 is 1.56 bits per heavy atom. The number of benzene rings is 1. The van der Waals surface area contributed by atoms with Crippen molar-refractivity contribution >= 4 is 30.1 Å². The van der Waals surface area contributed by atoms with E-state index in [1.165, 1.54) is 0 Å². The van der Waals surface area contributed by atoms with E-state index in [0.717, 1.165) is 5.56 Å². The first-order valence-electron chi connectivity index (χ1n) is 4.47. The van der Waals surface area contributed by atoms with E-state index in [1.807, 2.05) is 0 Å². The summed E-state index contributed by atoms with van der Waals surface area (Å²) in [4.78, 5) is 10.9. The summed E-state index contributed by atoms with van der Waals surface area (Å²) >= 11 is 5.88. The van der Waals surface area contributed by atoms with Gasteiger partial charge in [-0.25, -0.2) is 4.79 Å². The molecular weight excluding hydrogens is 253 g/mol. The number of nitrogens with one attached hydrogen (secondary N) is 1. The van der Waals surface area contributed by atoms with Crippen molar-refractivity contribution in [2.75, 3.05) is 13.7 Å². The number of carbonyl (C=O) groups excluding carboxylic acids is 1. The topological polar surface area (TPSA) is 47.6 Å². The molecule has 0 unspecified atom stereocenters. The molecule has 6 heteroatoms. The third-order valence-electron chi connectivity index (χ3n) is 2.24. The van der Waals surface area contributed by atoms with Crippen molar-refractivity contribution in [2.45, 2.75) is 6.04 Å². The molecule has 88 valence electrons. The van der Waals surface area contributed by atoms with Gasteiger partial charge in [-0.15, -0.1) is 12.4 Å². The monoisotopic (exact) mass is 263 g/mol. The fraction of sp³-hybridized carbons (Fsp3) is 0.300. The van der Waals surface area contributed by atoms with Crippen molar-refractivity contribution in [1.29, 1.82) is 0 Å². The Morgan fingerprint density at radius 3 is 2.88 bits per heavy atom. The maximum atomic E-state index is 10.9. The van der Waals surface area contributed by atoms with Gasteiger partial charge in [-0.05, 0) is 18.2 Å². The highest BCUT2D eigenvalue weighted by Gasteiger charge is 2.26. The van der Waals surface area contributed by atoms with Crippen LogP contribution in [0, 0.1) is 0 Å². The number of ether oxygens (including phenoxy) is 2. The van der Waals surface area contributed by atoms with Gasteiger partial charge in [0.2, 0.25) is 0 Å². The molecule has 16 heavy (non-hydrogen) atoms. The van der Waals surface area contributed by atoms with Gasteiger partial charge in [0.1, 0.15) is 12.4 Å². The lowest BCUT2D eigenvalue weighted by Crippen LogP contribution is -2.18. The van der Waals surface area contributed by atoms with E-state index in [0.29, 0.717) is 17.4 Å². The average Bonchev–Trinajstić information content (AvgIpc) is 2.65. The van der Waals surface area contributed by atoms with E-state index in [4.69, 9.17) is 21.1 Å². The minimum atomic E-state index is -0.415. The molecule has 0 saturated carbocycles. The van der Waals surface area contributed by atoms with Crippen LogP contribution in [0.3, 0.4) is 0 Å². The molecule has 0 aliphatic carbocycles. The summed E-state index contributed by atoms with van der Waals surface area (Å²) in [7, 11) is 1.57. The van der Waals surface area contributed by atoms with E-state index < -0.39 is 6.09 Å². The van der Waals surface area contributed by atoms with Crippen LogP contribution >= 0.6 is 24.0 Å². The first kappa shape index (κ1) is 12.9. The number of hydrogen-bond acceptors (Lipinski definition) is 3. The van der Waals surface area contributed by atoms with Crippen molar-refractivity contribution in [2.24, 2.45) is 0 Å². The van der Waals surface area contributed by atoms with Crippen LogP contribution in [0.5, 0.6) is 5.75 Å². The standard InChI is InChI=1S/C10H10ClNO3.ClH/c1-14-9-3-2-6(11)4-7(9)8-5-15-10(13)12-8;/h2-4,8H,5H2,1H3,(H,12,13);1H/t8-;/m1./s1. The average molecular weight is 264 g/mol. The molecule has 2 rings (SSSR count). The molecule has 1 N–H and O–H groups in total. The summed E-state index contributed by atoms with van der Waals surface area (Å²) < 4.78 is 9.99. The minimum Gasteiger partial charge on any atom is -0.496 e. The number of alkyl carbamates (subject to hydrolysis) is 1. The lowest BCUT2D eigenvalue weighted by molar-refractivity contribution is 0.177. The van der Waals surface area contributed by atoms with Crippen LogP contribution in [0.25, 0.3) is 0 Å². The van der Waals surface area contributed by atoms with Crippen LogP contribution in [0.1, 0.15) is 11.6 Å². The highest BCUT2D eigenvalue weighted by atomic mass is 35.5. The second-order valence-electron chi connectivity index (χ2n) is 3.18. The van der Waals surface area contributed by atoms with E-state index >= 15 is 0 Å². The van der Waals surface area contributed by atoms with Gasteiger partial charge in [0.05, 0.1) is 13.2 Å². The summed E-state index contributed by atoms with van der Waals surface area (Å²) in [6.45, 7) is 0.301. The van der Waals surface area contributed by atoms with Crippen LogP contribution in [0.4, 0.5) is 4.79 Å². The lowest BCUT2D eigenvalue weighted by atomic mass is 10.1. The Labute approximate surface area is 104 Å². The van der Waals surface area contributed by atoms with Crippen molar-refractivity contribution in [3.05, 3.63) is 28.8 Å². The number of cyclic esters (lactones) is 1. The summed E-state index contributed by atoms with van der Waals surface area (Å²) in [5.41, 5.74) is 0.829. The van der Waals surface area contributed by atoms with E-state index in [-0.39, 0.29) is 18.4 Å². The SMILES string of the molecule is COc1ccc(Cl)cc1[C@H]1COC(=O)N1.Cl. The fourth-order valence-electron chi connectivity index (χ4n) is 1.53. The van der Waals surface area contributed by atoms with E-state index in [2.05, 4.69) is 5.32 Å². The lowest BCUT2D eigenvalue weighted by Gasteiger charge is -2.12. The summed E-state index contributed by atoms with van der Waals surface area (Å²) in [5.74, 6) is 0.690. The Balaban J connectivity index is 0.00000128. The Kier molecular flexibility index (Phi) is 4.26. The number of amides is 1. The second-order valence-corrected chi connectivity index (χ2v) is 3.62. The summed E-state index contributed by atoms with van der Waals surface area (Å²) in [6.07, 6.45) is -0.415. The van der Waals surface area contributed by atoms with E-state index in [1.54, 1.807) is 25.3 Å². The molecule has 1 aromatic rings. The molecule has 1 atom stereocenters. The Bertz CT molecular complexity index is 398. The maximum absolute atomic E-state index is 10.9. The van der Waals surface area contributed by atoms with Crippen molar-refractivity contribution in [3.8, 4) is 5.75 Å². The molecule has 1 fully saturated rings. The molecule has 1 saturated heterocycles. The Hall–Kier alpha value is -1.13. The van der Waals surface area contributed by atoms with Gasteiger partial charge in [-0.2, -0.15) is 0 Å². The summed E-state index contributed by atoms with van der Waals surface area (Å²) in [5, 5.41) is 3.28. The number of hydrogen-bond donors (Lipinski definition) is 1. The number of halogens is 2. The zero-order chi connectivity index (χ0) is 10.8. The number of methoxy groups -OCH3 is 1. The molecule has 0 aromatic heterocycles. The number of carbonyl (C=O) groups is 1. The van der Waals surface area contributed by atoms with Crippen LogP contribution in [-0.4, -0.2) is 19.8 Å². The molecule has 1 amide bonds. The van der Waals surface area contributed by atoms with Gasteiger partial charge in [-0.3, -0.25) is 0 Å². The molecule has 1 aliphatic rings. The quantitative estimate of drug-likeness (QED) is 0.892.